The fraction of sp³-hybridized carbons (Fsp3) is 0.0182. The van der Waals surface area contributed by atoms with Crippen molar-refractivity contribution < 1.29 is 4.42 Å². The minimum atomic E-state index is -0.563. The van der Waals surface area contributed by atoms with E-state index in [1.54, 1.807) is 0 Å². The van der Waals surface area contributed by atoms with Gasteiger partial charge >= 0.3 is 0 Å². The predicted octanol–water partition coefficient (Wildman–Crippen LogP) is 30.0. The van der Waals surface area contributed by atoms with Crippen molar-refractivity contribution in [3.8, 4) is 66.8 Å². The van der Waals surface area contributed by atoms with Crippen LogP contribution in [0.5, 0.6) is 0 Å². The molecule has 0 fully saturated rings. The van der Waals surface area contributed by atoms with Gasteiger partial charge in [0.1, 0.15) is 11.2 Å². The molecule has 114 heavy (non-hydrogen) atoms. The quantitative estimate of drug-likeness (QED) is 0.108. The molecule has 536 valence electrons. The van der Waals surface area contributed by atoms with E-state index in [2.05, 4.69) is 459 Å². The molecule has 0 saturated carbocycles. The minimum Gasteiger partial charge on any atom is -0.456 e. The summed E-state index contributed by atoms with van der Waals surface area (Å²) >= 11 is 1.91. The molecule has 0 saturated heterocycles. The molecular formula is C110H74N2OS. The molecule has 0 unspecified atom stereocenters. The van der Waals surface area contributed by atoms with E-state index < -0.39 is 10.8 Å². The molecule has 0 radical (unpaired) electrons. The highest BCUT2D eigenvalue weighted by molar-refractivity contribution is 7.26. The second-order valence-electron chi connectivity index (χ2n) is 29.7. The molecule has 2 aromatic heterocycles. The predicted molar refractivity (Wildman–Crippen MR) is 479 cm³/mol. The Morgan fingerprint density at radius 2 is 0.526 bits per heavy atom. The molecule has 18 aromatic carbocycles. The van der Waals surface area contributed by atoms with Crippen LogP contribution in [0.2, 0.25) is 0 Å². The van der Waals surface area contributed by atoms with Crippen molar-refractivity contribution in [2.75, 3.05) is 9.80 Å². The first kappa shape index (κ1) is 67.7. The van der Waals surface area contributed by atoms with Gasteiger partial charge in [0, 0.05) is 76.7 Å². The third kappa shape index (κ3) is 11.3. The van der Waals surface area contributed by atoms with E-state index in [0.717, 1.165) is 72.8 Å². The molecule has 0 bridgehead atoms. The Morgan fingerprint density at radius 1 is 0.202 bits per heavy atom. The van der Waals surface area contributed by atoms with E-state index in [-0.39, 0.29) is 0 Å². The van der Waals surface area contributed by atoms with Crippen LogP contribution in [0.25, 0.3) is 109 Å². The Kier molecular flexibility index (Phi) is 16.9. The zero-order chi connectivity index (χ0) is 75.5. The van der Waals surface area contributed by atoms with Crippen LogP contribution >= 0.6 is 11.3 Å². The van der Waals surface area contributed by atoms with E-state index in [1.165, 1.54) is 115 Å². The number of para-hydroxylation sites is 3. The molecule has 3 nitrogen and oxygen atoms in total. The number of fused-ring (bicyclic) bond motifs is 12. The molecule has 0 aliphatic heterocycles. The van der Waals surface area contributed by atoms with Crippen LogP contribution in [0.4, 0.5) is 34.1 Å². The van der Waals surface area contributed by atoms with Gasteiger partial charge < -0.3 is 14.2 Å². The zero-order valence-electron chi connectivity index (χ0n) is 62.4. The first-order valence-electron chi connectivity index (χ1n) is 39.2. The molecule has 2 heterocycles. The third-order valence-corrected chi connectivity index (χ3v) is 24.6. The Bertz CT molecular complexity index is 6330. The molecule has 0 atom stereocenters. The minimum absolute atomic E-state index is 0.459. The second kappa shape index (κ2) is 28.5. The van der Waals surface area contributed by atoms with Gasteiger partial charge in [-0.25, -0.2) is 0 Å². The van der Waals surface area contributed by atoms with Crippen LogP contribution in [0.15, 0.2) is 453 Å². The summed E-state index contributed by atoms with van der Waals surface area (Å²) in [5, 5.41) is 4.77. The summed E-state index contributed by atoms with van der Waals surface area (Å²) in [6, 6.07) is 163. The Hall–Kier alpha value is -14.4. The van der Waals surface area contributed by atoms with Gasteiger partial charge in [0.05, 0.1) is 10.8 Å². The van der Waals surface area contributed by atoms with E-state index in [1.807, 2.05) is 11.3 Å². The molecule has 2 aliphatic carbocycles. The third-order valence-electron chi connectivity index (χ3n) is 23.4. The number of thiophene rings is 1. The van der Waals surface area contributed by atoms with Crippen molar-refractivity contribution in [1.82, 2.24) is 0 Å². The van der Waals surface area contributed by atoms with Gasteiger partial charge in [0.15, 0.2) is 0 Å². The van der Waals surface area contributed by atoms with Crippen molar-refractivity contribution in [3.05, 3.63) is 493 Å². The Labute approximate surface area is 668 Å². The lowest BCUT2D eigenvalue weighted by Crippen LogP contribution is -2.28. The van der Waals surface area contributed by atoms with Gasteiger partial charge in [-0.05, 0) is 191 Å². The summed E-state index contributed by atoms with van der Waals surface area (Å²) in [5.41, 5.74) is 32.0. The standard InChI is InChI=1S/C55H37NO.C55H37NS/c2*1-5-18-38(19-6-1)40-34-41(39-20-7-2-8-21-39)36-45(35-40)56(43-24-11-4-12-25-43)44-32-33-48-49-28-17-31-52(54(49)57-53(48)37-44)55(42-22-9-3-10-23-42)50-29-15-13-26-46(50)47-27-14-16-30-51(47)55/h2*1-37H. The average molecular weight is 1470 g/mol. The molecule has 0 spiro atoms. The monoisotopic (exact) mass is 1470 g/mol. The second-order valence-corrected chi connectivity index (χ2v) is 30.7. The molecular weight excluding hydrogens is 1400 g/mol. The molecule has 2 aliphatic rings. The van der Waals surface area contributed by atoms with Gasteiger partial charge in [0.25, 0.3) is 0 Å². The van der Waals surface area contributed by atoms with Gasteiger partial charge in [-0.1, -0.05) is 358 Å². The van der Waals surface area contributed by atoms with E-state index in [4.69, 9.17) is 4.42 Å². The number of nitrogens with zero attached hydrogens (tertiary/aromatic N) is 2. The molecule has 4 heteroatoms. The van der Waals surface area contributed by atoms with Crippen LogP contribution in [-0.4, -0.2) is 0 Å². The summed E-state index contributed by atoms with van der Waals surface area (Å²) < 4.78 is 9.78. The number of benzene rings is 18. The summed E-state index contributed by atoms with van der Waals surface area (Å²) in [5.74, 6) is 0. The summed E-state index contributed by atoms with van der Waals surface area (Å²) in [4.78, 5) is 4.76. The van der Waals surface area contributed by atoms with Crippen molar-refractivity contribution >= 4 is 87.6 Å². The lowest BCUT2D eigenvalue weighted by Gasteiger charge is -2.34. The Balaban J connectivity index is 0.000000143. The summed E-state index contributed by atoms with van der Waals surface area (Å²) in [6.45, 7) is 0. The van der Waals surface area contributed by atoms with Gasteiger partial charge in [-0.2, -0.15) is 0 Å². The number of hydrogen-bond donors (Lipinski definition) is 0. The Morgan fingerprint density at radius 3 is 0.939 bits per heavy atom. The van der Waals surface area contributed by atoms with Crippen molar-refractivity contribution in [1.29, 1.82) is 0 Å². The van der Waals surface area contributed by atoms with E-state index in [0.29, 0.717) is 0 Å². The molecule has 0 amide bonds. The van der Waals surface area contributed by atoms with Gasteiger partial charge in [-0.15, -0.1) is 11.3 Å². The smallest absolute Gasteiger partial charge is 0.140 e. The number of rotatable bonds is 14. The maximum atomic E-state index is 7.19. The fourth-order valence-corrected chi connectivity index (χ4v) is 19.8. The number of hydrogen-bond acceptors (Lipinski definition) is 4. The van der Waals surface area contributed by atoms with Crippen molar-refractivity contribution in [2.24, 2.45) is 0 Å². The highest BCUT2D eigenvalue weighted by atomic mass is 32.1. The summed E-state index contributed by atoms with van der Waals surface area (Å²) in [6.07, 6.45) is 0. The normalized spacial score (nSPS) is 12.7. The lowest BCUT2D eigenvalue weighted by atomic mass is 9.67. The van der Waals surface area contributed by atoms with Crippen LogP contribution in [0.3, 0.4) is 0 Å². The van der Waals surface area contributed by atoms with Crippen LogP contribution in [-0.2, 0) is 10.8 Å². The van der Waals surface area contributed by atoms with E-state index in [9.17, 15) is 0 Å². The highest BCUT2D eigenvalue weighted by Gasteiger charge is 2.49. The van der Waals surface area contributed by atoms with Crippen molar-refractivity contribution in [3.63, 3.8) is 0 Å². The SMILES string of the molecule is c1ccc(-c2cc(-c3ccccc3)cc(N(c3ccccc3)c3ccc4c(c3)oc3c(C5(c6ccccc6)c6ccccc6-c6ccccc65)cccc34)c2)cc1.c1ccc(-c2cc(-c3ccccc3)cc(N(c3ccccc3)c3ccc4c(c3)sc3c(C5(c6ccccc6)c6ccccc6-c6ccccc65)cccc34)c2)cc1. The van der Waals surface area contributed by atoms with E-state index >= 15 is 0 Å². The molecule has 20 aromatic rings. The maximum absolute atomic E-state index is 7.19. The van der Waals surface area contributed by atoms with Crippen LogP contribution in [0, 0.1) is 0 Å². The highest BCUT2D eigenvalue weighted by Crippen LogP contribution is 2.61. The summed E-state index contributed by atoms with van der Waals surface area (Å²) in [7, 11) is 0. The maximum Gasteiger partial charge on any atom is 0.140 e. The van der Waals surface area contributed by atoms with Gasteiger partial charge in [0.2, 0.25) is 0 Å². The number of anilines is 6. The molecule has 0 N–H and O–H groups in total. The largest absolute Gasteiger partial charge is 0.456 e. The first-order chi connectivity index (χ1) is 56.5. The van der Waals surface area contributed by atoms with Crippen LogP contribution in [0.1, 0.15) is 44.5 Å². The average Bonchev–Trinajstić information content (AvgIpc) is 1.53. The van der Waals surface area contributed by atoms with Crippen molar-refractivity contribution in [2.45, 2.75) is 10.8 Å². The van der Waals surface area contributed by atoms with Crippen LogP contribution < -0.4 is 9.80 Å². The fourth-order valence-electron chi connectivity index (χ4n) is 18.5. The topological polar surface area (TPSA) is 19.6 Å². The number of furan rings is 1. The lowest BCUT2D eigenvalue weighted by molar-refractivity contribution is 0.648. The first-order valence-corrected chi connectivity index (χ1v) is 40.0. The van der Waals surface area contributed by atoms with Gasteiger partial charge in [-0.3, -0.25) is 0 Å². The zero-order valence-corrected chi connectivity index (χ0v) is 63.3. The molecule has 22 rings (SSSR count).